The van der Waals surface area contributed by atoms with E-state index < -0.39 is 0 Å². The van der Waals surface area contributed by atoms with Crippen molar-refractivity contribution in [3.05, 3.63) is 24.3 Å². The molecule has 140 valence electrons. The van der Waals surface area contributed by atoms with Crippen molar-refractivity contribution in [3.8, 4) is 16.3 Å². The Hall–Kier alpha value is -2.13. The smallest absolute Gasteiger partial charge is 0.315 e. The molecular weight excluding hydrogens is 374 g/mol. The molecule has 1 aromatic heterocycles. The van der Waals surface area contributed by atoms with Crippen LogP contribution < -0.4 is 10.1 Å². The number of amides is 1. The number of nitrogens with zero attached hydrogens (tertiary/aromatic N) is 2. The average molecular weight is 396 g/mol. The molecule has 2 rings (SSSR count). The molecule has 7 nitrogen and oxygen atoms in total. The van der Waals surface area contributed by atoms with Gasteiger partial charge in [-0.2, -0.15) is 0 Å². The first kappa shape index (κ1) is 20.2. The van der Waals surface area contributed by atoms with Gasteiger partial charge < -0.3 is 9.47 Å². The van der Waals surface area contributed by atoms with E-state index in [4.69, 9.17) is 9.47 Å². The van der Waals surface area contributed by atoms with Crippen LogP contribution in [0.5, 0.6) is 5.75 Å². The van der Waals surface area contributed by atoms with Crippen LogP contribution in [-0.4, -0.2) is 46.8 Å². The Morgan fingerprint density at radius 2 is 2.04 bits per heavy atom. The molecule has 0 aliphatic heterocycles. The minimum Gasteiger partial charge on any atom is -0.496 e. The predicted molar refractivity (Wildman–Crippen MR) is 104 cm³/mol. The van der Waals surface area contributed by atoms with Gasteiger partial charge in [-0.25, -0.2) is 0 Å². The normalized spacial score (nSPS) is 11.7. The molecule has 0 spiro atoms. The largest absolute Gasteiger partial charge is 0.496 e. The first-order chi connectivity index (χ1) is 12.6. The van der Waals surface area contributed by atoms with E-state index in [2.05, 4.69) is 15.5 Å². The van der Waals surface area contributed by atoms with Crippen molar-refractivity contribution in [2.45, 2.75) is 25.5 Å². The third-order valence-electron chi connectivity index (χ3n) is 3.36. The highest BCUT2D eigenvalue weighted by molar-refractivity contribution is 8.01. The van der Waals surface area contributed by atoms with Gasteiger partial charge in [-0.15, -0.1) is 22.0 Å². The quantitative estimate of drug-likeness (QED) is 0.652. The number of thioether (sulfide) groups is 1. The Morgan fingerprint density at radius 3 is 2.73 bits per heavy atom. The number of ether oxygens (including phenoxy) is 2. The fourth-order valence-corrected chi connectivity index (χ4v) is 3.78. The number of anilines is 1. The highest BCUT2D eigenvalue weighted by atomic mass is 32.2. The van der Waals surface area contributed by atoms with Gasteiger partial charge in [0.15, 0.2) is 5.01 Å². The van der Waals surface area contributed by atoms with Gasteiger partial charge in [0.25, 0.3) is 0 Å². The number of hydrogen-bond acceptors (Lipinski definition) is 8. The molecule has 1 heterocycles. The molecule has 9 heteroatoms. The molecule has 0 saturated heterocycles. The van der Waals surface area contributed by atoms with Crippen LogP contribution in [0.4, 0.5) is 5.13 Å². The molecule has 2 aromatic rings. The molecule has 1 amide bonds. The van der Waals surface area contributed by atoms with Crippen LogP contribution in [0.2, 0.25) is 0 Å². The molecule has 0 unspecified atom stereocenters. The fourth-order valence-electron chi connectivity index (χ4n) is 2.14. The van der Waals surface area contributed by atoms with Gasteiger partial charge in [-0.3, -0.25) is 14.9 Å². The van der Waals surface area contributed by atoms with Crippen LogP contribution in [0, 0.1) is 0 Å². The number of aromatic nitrogens is 2. The molecule has 0 fully saturated rings. The molecule has 0 saturated carbocycles. The first-order valence-corrected chi connectivity index (χ1v) is 10.0. The Morgan fingerprint density at radius 1 is 1.27 bits per heavy atom. The summed E-state index contributed by atoms with van der Waals surface area (Å²) in [7, 11) is 1.59. The Kier molecular flexibility index (Phi) is 7.86. The first-order valence-electron chi connectivity index (χ1n) is 8.14. The van der Waals surface area contributed by atoms with Crippen LogP contribution >= 0.6 is 23.1 Å². The van der Waals surface area contributed by atoms with Crippen molar-refractivity contribution in [1.29, 1.82) is 0 Å². The van der Waals surface area contributed by atoms with E-state index in [1.807, 2.05) is 31.2 Å². The second-order valence-corrected chi connectivity index (χ2v) is 7.28. The molecular formula is C17H21N3O4S2. The molecule has 26 heavy (non-hydrogen) atoms. The van der Waals surface area contributed by atoms with Crippen molar-refractivity contribution in [1.82, 2.24) is 10.2 Å². The number of methoxy groups -OCH3 is 1. The van der Waals surface area contributed by atoms with E-state index >= 15 is 0 Å². The lowest BCUT2D eigenvalue weighted by Gasteiger charge is -2.12. The van der Waals surface area contributed by atoms with Crippen LogP contribution in [0.25, 0.3) is 10.6 Å². The topological polar surface area (TPSA) is 90.4 Å². The van der Waals surface area contributed by atoms with Crippen LogP contribution in [0.3, 0.4) is 0 Å². The molecule has 0 radical (unpaired) electrons. The van der Waals surface area contributed by atoms with E-state index in [-0.39, 0.29) is 22.9 Å². The van der Waals surface area contributed by atoms with E-state index in [1.165, 1.54) is 23.1 Å². The Labute approximate surface area is 160 Å². The van der Waals surface area contributed by atoms with Gasteiger partial charge >= 0.3 is 5.97 Å². The lowest BCUT2D eigenvalue weighted by molar-refractivity contribution is -0.139. The number of carbonyl (C=O) groups is 2. The molecule has 0 aliphatic rings. The molecule has 0 bridgehead atoms. The Balaban J connectivity index is 2.00. The maximum atomic E-state index is 12.4. The van der Waals surface area contributed by atoms with Crippen LogP contribution in [-0.2, 0) is 14.3 Å². The summed E-state index contributed by atoms with van der Waals surface area (Å²) in [4.78, 5) is 23.9. The average Bonchev–Trinajstić information content (AvgIpc) is 3.10. The predicted octanol–water partition coefficient (Wildman–Crippen LogP) is 3.23. The second kappa shape index (κ2) is 10.1. The zero-order valence-electron chi connectivity index (χ0n) is 14.9. The van der Waals surface area contributed by atoms with Gasteiger partial charge in [-0.05, 0) is 25.5 Å². The second-order valence-electron chi connectivity index (χ2n) is 5.11. The van der Waals surface area contributed by atoms with Gasteiger partial charge in [0.2, 0.25) is 11.0 Å². The summed E-state index contributed by atoms with van der Waals surface area (Å²) < 4.78 is 10.2. The van der Waals surface area contributed by atoms with E-state index in [0.29, 0.717) is 28.9 Å². The number of benzene rings is 1. The van der Waals surface area contributed by atoms with E-state index in [1.54, 1.807) is 14.0 Å². The molecule has 0 aliphatic carbocycles. The van der Waals surface area contributed by atoms with Crippen molar-refractivity contribution in [3.63, 3.8) is 0 Å². The summed E-state index contributed by atoms with van der Waals surface area (Å²) in [5.74, 6) is 0.308. The van der Waals surface area contributed by atoms with E-state index in [9.17, 15) is 9.59 Å². The molecule has 1 N–H and O–H groups in total. The maximum absolute atomic E-state index is 12.4. The highest BCUT2D eigenvalue weighted by Gasteiger charge is 2.21. The summed E-state index contributed by atoms with van der Waals surface area (Å²) in [5.41, 5.74) is 0.816. The third kappa shape index (κ3) is 5.43. The summed E-state index contributed by atoms with van der Waals surface area (Å²) >= 11 is 2.53. The van der Waals surface area contributed by atoms with Crippen LogP contribution in [0.1, 0.15) is 20.3 Å². The number of para-hydroxylation sites is 1. The number of nitrogens with one attached hydrogen (secondary N) is 1. The Bertz CT molecular complexity index is 751. The minimum absolute atomic E-state index is 0.141. The third-order valence-corrected chi connectivity index (χ3v) is 5.59. The number of esters is 1. The van der Waals surface area contributed by atoms with Gasteiger partial charge in [0, 0.05) is 0 Å². The summed E-state index contributed by atoms with van der Waals surface area (Å²) in [5, 5.41) is 11.6. The van der Waals surface area contributed by atoms with E-state index in [0.717, 1.165) is 5.56 Å². The summed E-state index contributed by atoms with van der Waals surface area (Å²) in [6, 6.07) is 7.48. The van der Waals surface area contributed by atoms with Crippen molar-refractivity contribution in [2.75, 3.05) is 24.8 Å². The monoisotopic (exact) mass is 395 g/mol. The van der Waals surface area contributed by atoms with Crippen LogP contribution in [0.15, 0.2) is 24.3 Å². The fraction of sp³-hybridized carbons (Fsp3) is 0.412. The van der Waals surface area contributed by atoms with Crippen molar-refractivity contribution >= 4 is 40.1 Å². The standard InChI is InChI=1S/C17H21N3O4S2/c1-4-13(25-10-14(21)24-5-2)15(22)18-17-20-19-16(26-17)11-8-6-7-9-12(11)23-3/h6-9,13H,4-5,10H2,1-3H3,(H,18,20,22)/t13-/m0/s1. The maximum Gasteiger partial charge on any atom is 0.315 e. The van der Waals surface area contributed by atoms with Crippen molar-refractivity contribution in [2.24, 2.45) is 0 Å². The minimum atomic E-state index is -0.363. The number of carbonyl (C=O) groups excluding carboxylic acids is 2. The highest BCUT2D eigenvalue weighted by Crippen LogP contribution is 2.33. The summed E-state index contributed by atoms with van der Waals surface area (Å²) in [6.45, 7) is 3.98. The van der Waals surface area contributed by atoms with Gasteiger partial charge in [0.1, 0.15) is 5.75 Å². The number of hydrogen-bond donors (Lipinski definition) is 1. The SMILES string of the molecule is CCOC(=O)CS[C@@H](CC)C(=O)Nc1nnc(-c2ccccc2OC)s1. The van der Waals surface area contributed by atoms with Gasteiger partial charge in [0.05, 0.1) is 30.3 Å². The summed E-state index contributed by atoms with van der Waals surface area (Å²) in [6.07, 6.45) is 0.591. The molecule has 1 aromatic carbocycles. The number of rotatable bonds is 9. The van der Waals surface area contributed by atoms with Crippen molar-refractivity contribution < 1.29 is 19.1 Å². The van der Waals surface area contributed by atoms with Gasteiger partial charge in [-0.1, -0.05) is 30.4 Å². The lowest BCUT2D eigenvalue weighted by atomic mass is 10.2. The molecule has 1 atom stereocenters. The zero-order chi connectivity index (χ0) is 18.9. The lowest BCUT2D eigenvalue weighted by Crippen LogP contribution is -2.26. The zero-order valence-corrected chi connectivity index (χ0v) is 16.5.